The molecule has 2 fully saturated rings. The summed E-state index contributed by atoms with van der Waals surface area (Å²) in [6, 6.07) is 10.4. The lowest BCUT2D eigenvalue weighted by Gasteiger charge is -2.28. The molecule has 1 aromatic heterocycles. The van der Waals surface area contributed by atoms with Gasteiger partial charge in [-0.05, 0) is 83.3 Å². The molecule has 6 heteroatoms. The van der Waals surface area contributed by atoms with Gasteiger partial charge in [-0.25, -0.2) is 0 Å². The Morgan fingerprint density at radius 3 is 2.43 bits per heavy atom. The van der Waals surface area contributed by atoms with Gasteiger partial charge in [0, 0.05) is 12.5 Å². The van der Waals surface area contributed by atoms with Crippen molar-refractivity contribution in [3.8, 4) is 5.75 Å². The highest BCUT2D eigenvalue weighted by Gasteiger charge is 2.32. The van der Waals surface area contributed by atoms with E-state index in [1.165, 1.54) is 31.2 Å². The standard InChI is InChI=1S/C24H34N4O2/c1-24(2,3)28-21(15-20(26-28)17-7-8-17)23(29)25-16-22(27-13-5-6-14-27)18-9-11-19(30-4)12-10-18/h9-12,15,17,22H,5-8,13-14,16H2,1-4H3,(H,25,29). The number of rotatable bonds is 7. The van der Waals surface area contributed by atoms with Crippen LogP contribution in [0, 0.1) is 0 Å². The topological polar surface area (TPSA) is 59.4 Å². The molecule has 1 amide bonds. The SMILES string of the molecule is COc1ccc(C(CNC(=O)c2cc(C3CC3)nn2C(C)(C)C)N2CCCC2)cc1. The summed E-state index contributed by atoms with van der Waals surface area (Å²) in [5.41, 5.74) is 2.70. The van der Waals surface area contributed by atoms with E-state index in [0.29, 0.717) is 18.2 Å². The van der Waals surface area contributed by atoms with Crippen molar-refractivity contribution < 1.29 is 9.53 Å². The molecule has 4 rings (SSSR count). The Hall–Kier alpha value is -2.34. The van der Waals surface area contributed by atoms with Gasteiger partial charge in [0.2, 0.25) is 0 Å². The molecular weight excluding hydrogens is 376 g/mol. The molecule has 1 atom stereocenters. The van der Waals surface area contributed by atoms with E-state index < -0.39 is 0 Å². The minimum atomic E-state index is -0.232. The van der Waals surface area contributed by atoms with Gasteiger partial charge in [0.15, 0.2) is 0 Å². The lowest BCUT2D eigenvalue weighted by atomic mass is 10.0. The molecule has 1 aliphatic heterocycles. The third kappa shape index (κ3) is 4.53. The molecule has 1 aliphatic carbocycles. The molecule has 2 aromatic rings. The van der Waals surface area contributed by atoms with Crippen LogP contribution in [0.1, 0.15) is 80.2 Å². The molecular formula is C24H34N4O2. The zero-order valence-corrected chi connectivity index (χ0v) is 18.6. The normalized spacial score (nSPS) is 18.4. The van der Waals surface area contributed by atoms with Gasteiger partial charge in [-0.1, -0.05) is 12.1 Å². The van der Waals surface area contributed by atoms with Crippen LogP contribution in [0.3, 0.4) is 0 Å². The molecule has 162 valence electrons. The largest absolute Gasteiger partial charge is 0.497 e. The van der Waals surface area contributed by atoms with Crippen LogP contribution in [0.15, 0.2) is 30.3 Å². The Morgan fingerprint density at radius 2 is 1.87 bits per heavy atom. The number of hydrogen-bond acceptors (Lipinski definition) is 4. The quantitative estimate of drug-likeness (QED) is 0.747. The molecule has 0 radical (unpaired) electrons. The van der Waals surface area contributed by atoms with Crippen molar-refractivity contribution in [2.24, 2.45) is 0 Å². The van der Waals surface area contributed by atoms with Gasteiger partial charge in [-0.2, -0.15) is 5.10 Å². The van der Waals surface area contributed by atoms with Gasteiger partial charge >= 0.3 is 0 Å². The Balaban J connectivity index is 1.52. The van der Waals surface area contributed by atoms with Crippen LogP contribution >= 0.6 is 0 Å². The second-order valence-corrected chi connectivity index (χ2v) is 9.55. The summed E-state index contributed by atoms with van der Waals surface area (Å²) >= 11 is 0. The smallest absolute Gasteiger partial charge is 0.269 e. The van der Waals surface area contributed by atoms with Crippen LogP contribution in [-0.4, -0.2) is 47.3 Å². The zero-order chi connectivity index (χ0) is 21.3. The van der Waals surface area contributed by atoms with Crippen LogP contribution in [-0.2, 0) is 5.54 Å². The fourth-order valence-electron chi connectivity index (χ4n) is 4.27. The maximum atomic E-state index is 13.2. The highest BCUT2D eigenvalue weighted by Crippen LogP contribution is 2.40. The molecule has 1 saturated heterocycles. The maximum Gasteiger partial charge on any atom is 0.269 e. The van der Waals surface area contributed by atoms with Crippen LogP contribution in [0.25, 0.3) is 0 Å². The number of nitrogens with zero attached hydrogens (tertiary/aromatic N) is 3. The van der Waals surface area contributed by atoms with Crippen molar-refractivity contribution in [2.45, 2.75) is 64.0 Å². The number of ether oxygens (including phenoxy) is 1. The second-order valence-electron chi connectivity index (χ2n) is 9.55. The first kappa shape index (κ1) is 20.9. The molecule has 1 aromatic carbocycles. The summed E-state index contributed by atoms with van der Waals surface area (Å²) in [5, 5.41) is 7.99. The number of likely N-dealkylation sites (tertiary alicyclic amines) is 1. The molecule has 6 nitrogen and oxygen atoms in total. The Kier molecular flexibility index (Phi) is 5.87. The van der Waals surface area contributed by atoms with Crippen molar-refractivity contribution in [3.05, 3.63) is 47.3 Å². The van der Waals surface area contributed by atoms with Gasteiger partial charge in [-0.15, -0.1) is 0 Å². The summed E-state index contributed by atoms with van der Waals surface area (Å²) in [7, 11) is 1.68. The molecule has 1 unspecified atom stereocenters. The van der Waals surface area contributed by atoms with E-state index in [1.54, 1.807) is 7.11 Å². The average Bonchev–Trinajstić information content (AvgIpc) is 3.24. The maximum absolute atomic E-state index is 13.2. The van der Waals surface area contributed by atoms with Gasteiger partial charge in [0.05, 0.1) is 24.4 Å². The van der Waals surface area contributed by atoms with E-state index in [0.717, 1.165) is 24.5 Å². The van der Waals surface area contributed by atoms with E-state index in [1.807, 2.05) is 22.9 Å². The van der Waals surface area contributed by atoms with Crippen molar-refractivity contribution in [3.63, 3.8) is 0 Å². The van der Waals surface area contributed by atoms with Crippen LogP contribution in [0.5, 0.6) is 5.75 Å². The highest BCUT2D eigenvalue weighted by atomic mass is 16.5. The monoisotopic (exact) mass is 410 g/mol. The first-order valence-electron chi connectivity index (χ1n) is 11.1. The minimum absolute atomic E-state index is 0.0398. The van der Waals surface area contributed by atoms with Gasteiger partial charge in [-0.3, -0.25) is 14.4 Å². The summed E-state index contributed by atoms with van der Waals surface area (Å²) in [5.74, 6) is 1.34. The number of carbonyl (C=O) groups excluding carboxylic acids is 1. The van der Waals surface area contributed by atoms with E-state index in [4.69, 9.17) is 9.84 Å². The molecule has 30 heavy (non-hydrogen) atoms. The first-order valence-corrected chi connectivity index (χ1v) is 11.1. The minimum Gasteiger partial charge on any atom is -0.497 e. The van der Waals surface area contributed by atoms with Crippen molar-refractivity contribution >= 4 is 5.91 Å². The molecule has 0 spiro atoms. The fraction of sp³-hybridized carbons (Fsp3) is 0.583. The first-order chi connectivity index (χ1) is 14.4. The lowest BCUT2D eigenvalue weighted by molar-refractivity contribution is 0.0919. The Bertz CT molecular complexity index is 872. The molecule has 0 bridgehead atoms. The second kappa shape index (κ2) is 8.42. The Labute approximate surface area is 179 Å². The van der Waals surface area contributed by atoms with Crippen LogP contribution in [0.2, 0.25) is 0 Å². The Morgan fingerprint density at radius 1 is 1.20 bits per heavy atom. The molecule has 2 heterocycles. The number of aromatic nitrogens is 2. The molecule has 1 saturated carbocycles. The summed E-state index contributed by atoms with van der Waals surface area (Å²) in [6.45, 7) is 9.00. The van der Waals surface area contributed by atoms with Crippen molar-refractivity contribution in [2.75, 3.05) is 26.7 Å². The van der Waals surface area contributed by atoms with Gasteiger partial charge in [0.25, 0.3) is 5.91 Å². The highest BCUT2D eigenvalue weighted by molar-refractivity contribution is 5.92. The lowest BCUT2D eigenvalue weighted by Crippen LogP contribution is -2.38. The third-order valence-corrected chi connectivity index (χ3v) is 6.13. The number of methoxy groups -OCH3 is 1. The van der Waals surface area contributed by atoms with E-state index in [-0.39, 0.29) is 17.5 Å². The van der Waals surface area contributed by atoms with Crippen molar-refractivity contribution in [1.82, 2.24) is 20.0 Å². The number of amides is 1. The summed E-state index contributed by atoms with van der Waals surface area (Å²) in [4.78, 5) is 15.7. The summed E-state index contributed by atoms with van der Waals surface area (Å²) in [6.07, 6.45) is 4.78. The zero-order valence-electron chi connectivity index (χ0n) is 18.6. The molecule has 2 aliphatic rings. The number of benzene rings is 1. The summed E-state index contributed by atoms with van der Waals surface area (Å²) < 4.78 is 7.21. The van der Waals surface area contributed by atoms with Crippen LogP contribution < -0.4 is 10.1 Å². The fourth-order valence-corrected chi connectivity index (χ4v) is 4.27. The van der Waals surface area contributed by atoms with E-state index >= 15 is 0 Å². The van der Waals surface area contributed by atoms with Crippen molar-refractivity contribution in [1.29, 1.82) is 0 Å². The van der Waals surface area contributed by atoms with E-state index in [9.17, 15) is 4.79 Å². The molecule has 1 N–H and O–H groups in total. The predicted molar refractivity (Wildman–Crippen MR) is 118 cm³/mol. The van der Waals surface area contributed by atoms with Gasteiger partial charge in [0.1, 0.15) is 11.4 Å². The third-order valence-electron chi connectivity index (χ3n) is 6.13. The number of hydrogen-bond donors (Lipinski definition) is 1. The van der Waals surface area contributed by atoms with E-state index in [2.05, 4.69) is 43.1 Å². The number of carbonyl (C=O) groups is 1. The number of nitrogens with one attached hydrogen (secondary N) is 1. The van der Waals surface area contributed by atoms with Gasteiger partial charge < -0.3 is 10.1 Å². The predicted octanol–water partition coefficient (Wildman–Crippen LogP) is 4.09. The van der Waals surface area contributed by atoms with Crippen LogP contribution in [0.4, 0.5) is 0 Å². The average molecular weight is 411 g/mol.